The fourth-order valence-electron chi connectivity index (χ4n) is 1.19. The summed E-state index contributed by atoms with van der Waals surface area (Å²) in [6.07, 6.45) is 3.65. The van der Waals surface area contributed by atoms with Gasteiger partial charge in [0.05, 0.1) is 24.9 Å². The lowest BCUT2D eigenvalue weighted by Crippen LogP contribution is -2.15. The summed E-state index contributed by atoms with van der Waals surface area (Å²) < 4.78 is 5.20. The largest absolute Gasteiger partial charge is 0.481 e. The van der Waals surface area contributed by atoms with Crippen molar-refractivity contribution >= 4 is 11.8 Å². The minimum atomic E-state index is -0.791. The zero-order chi connectivity index (χ0) is 12.7. The normalized spacial score (nSPS) is 11.9. The van der Waals surface area contributed by atoms with Crippen molar-refractivity contribution in [2.45, 2.75) is 20.3 Å². The monoisotopic (exact) mass is 239 g/mol. The van der Waals surface area contributed by atoms with Gasteiger partial charge in [-0.1, -0.05) is 6.92 Å². The highest BCUT2D eigenvalue weighted by molar-refractivity contribution is 5.69. The van der Waals surface area contributed by atoms with E-state index in [1.54, 1.807) is 13.1 Å². The predicted octanol–water partition coefficient (Wildman–Crippen LogP) is 1.40. The molecule has 1 heterocycles. The topological polar surface area (TPSA) is 84.3 Å². The highest BCUT2D eigenvalue weighted by Crippen LogP contribution is 2.09. The van der Waals surface area contributed by atoms with E-state index in [9.17, 15) is 4.79 Å². The molecule has 6 nitrogen and oxygen atoms in total. The fraction of sp³-hybridized carbons (Fsp3) is 0.545. The molecule has 1 rings (SSSR count). The Morgan fingerprint density at radius 2 is 2.35 bits per heavy atom. The predicted molar refractivity (Wildman–Crippen MR) is 63.1 cm³/mol. The van der Waals surface area contributed by atoms with Gasteiger partial charge in [0, 0.05) is 6.54 Å². The number of aliphatic carboxylic acids is 1. The molecule has 0 fully saturated rings. The number of hydrogen-bond donors (Lipinski definition) is 2. The number of aromatic nitrogens is 2. The smallest absolute Gasteiger partial charge is 0.306 e. The summed E-state index contributed by atoms with van der Waals surface area (Å²) >= 11 is 0. The first-order valence-corrected chi connectivity index (χ1v) is 5.55. The van der Waals surface area contributed by atoms with Crippen LogP contribution >= 0.6 is 0 Å². The van der Waals surface area contributed by atoms with E-state index in [0.717, 1.165) is 0 Å². The van der Waals surface area contributed by atoms with Crippen LogP contribution in [0.3, 0.4) is 0 Å². The Labute approximate surface area is 100 Å². The Balaban J connectivity index is 2.41. The lowest BCUT2D eigenvalue weighted by atomic mass is 10.1. The summed E-state index contributed by atoms with van der Waals surface area (Å²) in [7, 11) is 0. The zero-order valence-corrected chi connectivity index (χ0v) is 10.0. The van der Waals surface area contributed by atoms with E-state index < -0.39 is 5.97 Å². The van der Waals surface area contributed by atoms with Gasteiger partial charge in [-0.05, 0) is 13.3 Å². The Hall–Kier alpha value is -1.85. The van der Waals surface area contributed by atoms with Crippen molar-refractivity contribution in [2.75, 3.05) is 18.5 Å². The van der Waals surface area contributed by atoms with Gasteiger partial charge in [-0.15, -0.1) is 0 Å². The molecular formula is C11H17N3O3. The minimum Gasteiger partial charge on any atom is -0.481 e. The fourth-order valence-corrected chi connectivity index (χ4v) is 1.19. The Kier molecular flexibility index (Phi) is 5.19. The molecule has 0 saturated heterocycles. The van der Waals surface area contributed by atoms with Crippen molar-refractivity contribution in [2.24, 2.45) is 5.92 Å². The molecular weight excluding hydrogens is 222 g/mol. The van der Waals surface area contributed by atoms with Gasteiger partial charge in [-0.2, -0.15) is 4.98 Å². The van der Waals surface area contributed by atoms with Crippen molar-refractivity contribution in [3.8, 4) is 5.88 Å². The summed E-state index contributed by atoms with van der Waals surface area (Å²) in [6, 6.07) is 0. The van der Waals surface area contributed by atoms with E-state index in [1.807, 2.05) is 6.92 Å². The molecule has 0 radical (unpaired) electrons. The quantitative estimate of drug-likeness (QED) is 0.748. The molecule has 0 aliphatic carbocycles. The molecule has 0 aliphatic rings. The van der Waals surface area contributed by atoms with E-state index in [0.29, 0.717) is 31.3 Å². The van der Waals surface area contributed by atoms with Crippen LogP contribution in [-0.4, -0.2) is 34.2 Å². The van der Waals surface area contributed by atoms with Crippen LogP contribution in [0.15, 0.2) is 12.4 Å². The molecule has 6 heteroatoms. The second kappa shape index (κ2) is 6.67. The summed E-state index contributed by atoms with van der Waals surface area (Å²) in [6.45, 7) is 4.62. The average molecular weight is 239 g/mol. The number of carboxylic acids is 1. The van der Waals surface area contributed by atoms with Crippen LogP contribution in [0.1, 0.15) is 20.3 Å². The van der Waals surface area contributed by atoms with E-state index in [1.165, 1.54) is 6.20 Å². The van der Waals surface area contributed by atoms with Gasteiger partial charge in [-0.3, -0.25) is 9.78 Å². The van der Waals surface area contributed by atoms with Crippen molar-refractivity contribution in [1.82, 2.24) is 9.97 Å². The van der Waals surface area contributed by atoms with Crippen LogP contribution in [0.2, 0.25) is 0 Å². The lowest BCUT2D eigenvalue weighted by molar-refractivity contribution is -0.141. The molecule has 1 aromatic heterocycles. The Bertz CT molecular complexity index is 371. The van der Waals surface area contributed by atoms with Crippen LogP contribution in [0.4, 0.5) is 5.82 Å². The number of nitrogens with one attached hydrogen (secondary N) is 1. The standard InChI is InChI=1S/C11H17N3O3/c1-3-17-10-7-12-6-9(14-10)13-5-4-8(2)11(15)16/h6-8H,3-5H2,1-2H3,(H,13,14)(H,15,16). The van der Waals surface area contributed by atoms with E-state index in [-0.39, 0.29) is 5.92 Å². The first-order valence-electron chi connectivity index (χ1n) is 5.55. The van der Waals surface area contributed by atoms with Gasteiger partial charge in [0.1, 0.15) is 5.82 Å². The molecule has 0 saturated carbocycles. The van der Waals surface area contributed by atoms with Crippen molar-refractivity contribution < 1.29 is 14.6 Å². The Morgan fingerprint density at radius 3 is 3.00 bits per heavy atom. The van der Waals surface area contributed by atoms with Crippen molar-refractivity contribution in [1.29, 1.82) is 0 Å². The molecule has 2 N–H and O–H groups in total. The molecule has 0 spiro atoms. The van der Waals surface area contributed by atoms with Crippen LogP contribution in [-0.2, 0) is 4.79 Å². The third-order valence-electron chi connectivity index (χ3n) is 2.21. The number of carboxylic acid groups (broad SMARTS) is 1. The third-order valence-corrected chi connectivity index (χ3v) is 2.21. The van der Waals surface area contributed by atoms with Crippen LogP contribution in [0, 0.1) is 5.92 Å². The van der Waals surface area contributed by atoms with Gasteiger partial charge in [0.25, 0.3) is 0 Å². The minimum absolute atomic E-state index is 0.370. The molecule has 0 aliphatic heterocycles. The van der Waals surface area contributed by atoms with Crippen LogP contribution in [0.5, 0.6) is 5.88 Å². The maximum absolute atomic E-state index is 10.6. The summed E-state index contributed by atoms with van der Waals surface area (Å²) in [4.78, 5) is 18.7. The van der Waals surface area contributed by atoms with Gasteiger partial charge in [0.15, 0.2) is 0 Å². The molecule has 1 atom stereocenters. The van der Waals surface area contributed by atoms with Gasteiger partial charge < -0.3 is 15.2 Å². The molecule has 0 amide bonds. The maximum atomic E-state index is 10.6. The van der Waals surface area contributed by atoms with E-state index in [4.69, 9.17) is 9.84 Å². The molecule has 0 bridgehead atoms. The summed E-state index contributed by atoms with van der Waals surface area (Å²) in [5.41, 5.74) is 0. The van der Waals surface area contributed by atoms with Crippen molar-refractivity contribution in [3.05, 3.63) is 12.4 Å². The second-order valence-electron chi connectivity index (χ2n) is 3.63. The molecule has 1 unspecified atom stereocenters. The molecule has 17 heavy (non-hydrogen) atoms. The molecule has 94 valence electrons. The summed E-state index contributed by atoms with van der Waals surface area (Å²) in [5, 5.41) is 11.7. The molecule has 0 aromatic carbocycles. The number of hydrogen-bond acceptors (Lipinski definition) is 5. The number of ether oxygens (including phenoxy) is 1. The highest BCUT2D eigenvalue weighted by Gasteiger charge is 2.09. The first-order chi connectivity index (χ1) is 8.13. The van der Waals surface area contributed by atoms with Crippen molar-refractivity contribution in [3.63, 3.8) is 0 Å². The second-order valence-corrected chi connectivity index (χ2v) is 3.63. The van der Waals surface area contributed by atoms with Crippen LogP contribution in [0.25, 0.3) is 0 Å². The van der Waals surface area contributed by atoms with E-state index in [2.05, 4.69) is 15.3 Å². The highest BCUT2D eigenvalue weighted by atomic mass is 16.5. The number of anilines is 1. The Morgan fingerprint density at radius 1 is 1.59 bits per heavy atom. The number of nitrogens with zero attached hydrogens (tertiary/aromatic N) is 2. The van der Waals surface area contributed by atoms with Gasteiger partial charge >= 0.3 is 5.97 Å². The zero-order valence-electron chi connectivity index (χ0n) is 10.0. The lowest BCUT2D eigenvalue weighted by Gasteiger charge is -2.08. The number of carbonyl (C=O) groups is 1. The summed E-state index contributed by atoms with van der Waals surface area (Å²) in [5.74, 6) is -0.108. The maximum Gasteiger partial charge on any atom is 0.306 e. The SMILES string of the molecule is CCOc1cncc(NCCC(C)C(=O)O)n1. The first kappa shape index (κ1) is 13.2. The third kappa shape index (κ3) is 4.67. The molecule has 1 aromatic rings. The van der Waals surface area contributed by atoms with E-state index >= 15 is 0 Å². The van der Waals surface area contributed by atoms with Gasteiger partial charge in [-0.25, -0.2) is 0 Å². The average Bonchev–Trinajstić information content (AvgIpc) is 2.29. The number of rotatable bonds is 7. The van der Waals surface area contributed by atoms with Gasteiger partial charge in [0.2, 0.25) is 5.88 Å². The van der Waals surface area contributed by atoms with Crippen LogP contribution < -0.4 is 10.1 Å².